The molecule has 1 N–H and O–H groups in total. The second-order valence-electron chi connectivity index (χ2n) is 5.18. The average Bonchev–Trinajstić information content (AvgIpc) is 2.39. The lowest BCUT2D eigenvalue weighted by molar-refractivity contribution is -0.128. The summed E-state index contributed by atoms with van der Waals surface area (Å²) >= 11 is 5.66. The summed E-state index contributed by atoms with van der Waals surface area (Å²) in [6.07, 6.45) is 0. The maximum absolute atomic E-state index is 12.1. The van der Waals surface area contributed by atoms with E-state index in [-0.39, 0.29) is 23.5 Å². The van der Waals surface area contributed by atoms with Crippen LogP contribution in [0.3, 0.4) is 0 Å². The van der Waals surface area contributed by atoms with Crippen LogP contribution in [-0.4, -0.2) is 37.9 Å². The van der Waals surface area contributed by atoms with Crippen molar-refractivity contribution in [3.63, 3.8) is 0 Å². The molecule has 1 rings (SSSR count). The van der Waals surface area contributed by atoms with Gasteiger partial charge >= 0.3 is 0 Å². The predicted molar refractivity (Wildman–Crippen MR) is 85.9 cm³/mol. The standard InChI is InChI=1S/C14H21ClN2O3S/c1-11(8-15)10-21(19,20)16-14-7-5-4-6-13(14)9-17(3)12(2)18/h4-7,11,16H,8-10H2,1-3H3. The predicted octanol–water partition coefficient (Wildman–Crippen LogP) is 2.28. The molecule has 0 spiro atoms. The van der Waals surface area contributed by atoms with Gasteiger partial charge in [-0.2, -0.15) is 0 Å². The molecule has 0 aliphatic rings. The minimum absolute atomic E-state index is 0.0343. The summed E-state index contributed by atoms with van der Waals surface area (Å²) < 4.78 is 26.8. The van der Waals surface area contributed by atoms with Gasteiger partial charge in [-0.25, -0.2) is 8.42 Å². The number of para-hydroxylation sites is 1. The first kappa shape index (κ1) is 17.8. The van der Waals surface area contributed by atoms with E-state index in [0.29, 0.717) is 12.2 Å². The van der Waals surface area contributed by atoms with E-state index >= 15 is 0 Å². The van der Waals surface area contributed by atoms with Crippen molar-refractivity contribution in [1.82, 2.24) is 4.90 Å². The molecule has 0 aliphatic carbocycles. The molecule has 0 aromatic heterocycles. The molecule has 1 aromatic rings. The van der Waals surface area contributed by atoms with Crippen LogP contribution in [0, 0.1) is 5.92 Å². The van der Waals surface area contributed by atoms with E-state index in [4.69, 9.17) is 11.6 Å². The smallest absolute Gasteiger partial charge is 0.233 e. The number of amides is 1. The van der Waals surface area contributed by atoms with Crippen LogP contribution < -0.4 is 4.72 Å². The van der Waals surface area contributed by atoms with Crippen LogP contribution in [0.4, 0.5) is 5.69 Å². The molecule has 5 nitrogen and oxygen atoms in total. The average molecular weight is 333 g/mol. The highest BCUT2D eigenvalue weighted by Crippen LogP contribution is 2.19. The molecule has 118 valence electrons. The van der Waals surface area contributed by atoms with Gasteiger partial charge in [-0.3, -0.25) is 9.52 Å². The summed E-state index contributed by atoms with van der Waals surface area (Å²) in [6, 6.07) is 7.04. The molecule has 21 heavy (non-hydrogen) atoms. The number of hydrogen-bond acceptors (Lipinski definition) is 3. The van der Waals surface area contributed by atoms with Crippen molar-refractivity contribution in [3.05, 3.63) is 29.8 Å². The van der Waals surface area contributed by atoms with Crippen LogP contribution >= 0.6 is 11.6 Å². The van der Waals surface area contributed by atoms with Crippen molar-refractivity contribution in [2.45, 2.75) is 20.4 Å². The number of nitrogens with one attached hydrogen (secondary N) is 1. The Labute approximate surface area is 131 Å². The Kier molecular flexibility index (Phi) is 6.48. The second kappa shape index (κ2) is 7.66. The lowest BCUT2D eigenvalue weighted by Crippen LogP contribution is -2.25. The summed E-state index contributed by atoms with van der Waals surface area (Å²) in [5, 5.41) is 0. The first-order valence-electron chi connectivity index (χ1n) is 6.61. The van der Waals surface area contributed by atoms with Gasteiger partial charge in [0.1, 0.15) is 0 Å². The van der Waals surface area contributed by atoms with Gasteiger partial charge in [-0.05, 0) is 17.5 Å². The quantitative estimate of drug-likeness (QED) is 0.779. The Balaban J connectivity index is 2.91. The number of carbonyl (C=O) groups excluding carboxylic acids is 1. The van der Waals surface area contributed by atoms with Gasteiger partial charge < -0.3 is 4.90 Å². The first-order chi connectivity index (χ1) is 9.75. The van der Waals surface area contributed by atoms with Crippen molar-refractivity contribution in [3.8, 4) is 0 Å². The van der Waals surface area contributed by atoms with Crippen LogP contribution in [0.1, 0.15) is 19.4 Å². The maximum atomic E-state index is 12.1. The van der Waals surface area contributed by atoms with E-state index in [2.05, 4.69) is 4.72 Å². The molecule has 0 bridgehead atoms. The van der Waals surface area contributed by atoms with Crippen molar-refractivity contribution in [1.29, 1.82) is 0 Å². The number of rotatable bonds is 7. The third-order valence-corrected chi connectivity index (χ3v) is 5.06. The van der Waals surface area contributed by atoms with Gasteiger partial charge in [0, 0.05) is 26.4 Å². The van der Waals surface area contributed by atoms with E-state index in [1.165, 1.54) is 11.8 Å². The van der Waals surface area contributed by atoms with Gasteiger partial charge in [0.05, 0.1) is 11.4 Å². The minimum atomic E-state index is -3.46. The molecule has 0 radical (unpaired) electrons. The van der Waals surface area contributed by atoms with Crippen LogP contribution in [0.25, 0.3) is 0 Å². The Morgan fingerprint density at radius 1 is 1.38 bits per heavy atom. The molecule has 0 fully saturated rings. The van der Waals surface area contributed by atoms with Crippen molar-refractivity contribution >= 4 is 33.2 Å². The molecule has 0 aliphatic heterocycles. The highest BCUT2D eigenvalue weighted by molar-refractivity contribution is 7.92. The maximum Gasteiger partial charge on any atom is 0.233 e. The van der Waals surface area contributed by atoms with Crippen molar-refractivity contribution in [2.75, 3.05) is 23.4 Å². The molecule has 1 aromatic carbocycles. The zero-order chi connectivity index (χ0) is 16.0. The minimum Gasteiger partial charge on any atom is -0.342 e. The number of sulfonamides is 1. The fourth-order valence-electron chi connectivity index (χ4n) is 1.75. The van der Waals surface area contributed by atoms with Crippen LogP contribution in [0.2, 0.25) is 0 Å². The molecule has 7 heteroatoms. The lowest BCUT2D eigenvalue weighted by Gasteiger charge is -2.19. The molecule has 1 atom stereocenters. The van der Waals surface area contributed by atoms with Gasteiger partial charge in [-0.15, -0.1) is 11.6 Å². The summed E-state index contributed by atoms with van der Waals surface area (Å²) in [5.74, 6) is 0.0443. The second-order valence-corrected chi connectivity index (χ2v) is 7.25. The number of carbonyl (C=O) groups is 1. The van der Waals surface area contributed by atoms with Gasteiger partial charge in [0.25, 0.3) is 0 Å². The summed E-state index contributed by atoms with van der Waals surface area (Å²) in [5.41, 5.74) is 1.24. The number of benzene rings is 1. The molecule has 0 saturated carbocycles. The van der Waals surface area contributed by atoms with Crippen molar-refractivity contribution < 1.29 is 13.2 Å². The Morgan fingerprint density at radius 2 is 2.00 bits per heavy atom. The zero-order valence-corrected chi connectivity index (χ0v) is 14.0. The highest BCUT2D eigenvalue weighted by Gasteiger charge is 2.17. The van der Waals surface area contributed by atoms with Crippen LogP contribution in [0.5, 0.6) is 0 Å². The van der Waals surface area contributed by atoms with E-state index in [1.54, 1.807) is 32.2 Å². The van der Waals surface area contributed by atoms with E-state index < -0.39 is 10.0 Å². The van der Waals surface area contributed by atoms with E-state index in [0.717, 1.165) is 5.56 Å². The van der Waals surface area contributed by atoms with Gasteiger partial charge in [0.15, 0.2) is 0 Å². The fourth-order valence-corrected chi connectivity index (χ4v) is 3.48. The SMILES string of the molecule is CC(=O)N(C)Cc1ccccc1NS(=O)(=O)CC(C)CCl. The third kappa shape index (κ3) is 5.93. The largest absolute Gasteiger partial charge is 0.342 e. The van der Waals surface area contributed by atoms with E-state index in [9.17, 15) is 13.2 Å². The third-order valence-electron chi connectivity index (χ3n) is 3.00. The first-order valence-corrected chi connectivity index (χ1v) is 8.80. The Morgan fingerprint density at radius 3 is 2.57 bits per heavy atom. The number of nitrogens with zero attached hydrogens (tertiary/aromatic N) is 1. The zero-order valence-electron chi connectivity index (χ0n) is 12.5. The van der Waals surface area contributed by atoms with Gasteiger partial charge in [0.2, 0.25) is 15.9 Å². The molecular formula is C14H21ClN2O3S. The number of anilines is 1. The topological polar surface area (TPSA) is 66.5 Å². The number of hydrogen-bond donors (Lipinski definition) is 1. The normalized spacial score (nSPS) is 12.8. The number of halogens is 1. The fraction of sp³-hybridized carbons (Fsp3) is 0.500. The Bertz CT molecular complexity index is 590. The molecule has 1 unspecified atom stereocenters. The Hall–Kier alpha value is -1.27. The van der Waals surface area contributed by atoms with Crippen LogP contribution in [0.15, 0.2) is 24.3 Å². The highest BCUT2D eigenvalue weighted by atomic mass is 35.5. The molecule has 0 saturated heterocycles. The summed E-state index contributed by atoms with van der Waals surface area (Å²) in [6.45, 7) is 3.59. The molecule has 0 heterocycles. The van der Waals surface area contributed by atoms with Crippen molar-refractivity contribution in [2.24, 2.45) is 5.92 Å². The molecule has 1 amide bonds. The molecular weight excluding hydrogens is 312 g/mol. The monoisotopic (exact) mass is 332 g/mol. The summed E-state index contributed by atoms with van der Waals surface area (Å²) in [7, 11) is -1.79. The lowest BCUT2D eigenvalue weighted by atomic mass is 10.2. The van der Waals surface area contributed by atoms with E-state index in [1.807, 2.05) is 6.07 Å². The summed E-state index contributed by atoms with van der Waals surface area (Å²) in [4.78, 5) is 12.8. The number of alkyl halides is 1. The van der Waals surface area contributed by atoms with Gasteiger partial charge in [-0.1, -0.05) is 25.1 Å². The van der Waals surface area contributed by atoms with Crippen LogP contribution in [-0.2, 0) is 21.4 Å².